The lowest BCUT2D eigenvalue weighted by atomic mass is 9.77. The summed E-state index contributed by atoms with van der Waals surface area (Å²) >= 11 is 0. The summed E-state index contributed by atoms with van der Waals surface area (Å²) in [6.07, 6.45) is 6.88. The van der Waals surface area contributed by atoms with E-state index in [-0.39, 0.29) is 0 Å². The second-order valence-corrected chi connectivity index (χ2v) is 6.03. The zero-order chi connectivity index (χ0) is 13.7. The normalized spacial score (nSPS) is 27.9. The molecule has 3 nitrogen and oxygen atoms in total. The number of rotatable bonds is 6. The maximum atomic E-state index is 5.69. The molecule has 1 aromatic heterocycles. The van der Waals surface area contributed by atoms with Gasteiger partial charge in [-0.25, -0.2) is 0 Å². The molecule has 0 amide bonds. The van der Waals surface area contributed by atoms with Crippen molar-refractivity contribution in [2.24, 2.45) is 17.6 Å². The SMILES string of the molecule is C[C@@H]1[C@H](C)CCC[C@H]1N(CCCN)Cc1ccco1. The molecule has 1 saturated carbocycles. The summed E-state index contributed by atoms with van der Waals surface area (Å²) in [6.45, 7) is 7.58. The highest BCUT2D eigenvalue weighted by atomic mass is 16.3. The Bertz CT molecular complexity index is 350. The van der Waals surface area contributed by atoms with Crippen LogP contribution in [0, 0.1) is 11.8 Å². The van der Waals surface area contributed by atoms with Crippen molar-refractivity contribution in [2.75, 3.05) is 13.1 Å². The molecule has 3 heteroatoms. The molecule has 0 aromatic carbocycles. The van der Waals surface area contributed by atoms with Crippen LogP contribution >= 0.6 is 0 Å². The summed E-state index contributed by atoms with van der Waals surface area (Å²) < 4.78 is 5.52. The molecule has 1 heterocycles. The highest BCUT2D eigenvalue weighted by Gasteiger charge is 2.31. The maximum Gasteiger partial charge on any atom is 0.117 e. The minimum atomic E-state index is 0.681. The van der Waals surface area contributed by atoms with Crippen molar-refractivity contribution in [3.05, 3.63) is 24.2 Å². The fourth-order valence-electron chi connectivity index (χ4n) is 3.33. The molecule has 1 aromatic rings. The van der Waals surface area contributed by atoms with Crippen molar-refractivity contribution in [1.29, 1.82) is 0 Å². The maximum absolute atomic E-state index is 5.69. The van der Waals surface area contributed by atoms with Crippen LogP contribution in [0.4, 0.5) is 0 Å². The van der Waals surface area contributed by atoms with Crippen LogP contribution in [0.2, 0.25) is 0 Å². The molecule has 108 valence electrons. The molecule has 2 rings (SSSR count). The fraction of sp³-hybridized carbons (Fsp3) is 0.750. The summed E-state index contributed by atoms with van der Waals surface area (Å²) in [6, 6.07) is 4.73. The van der Waals surface area contributed by atoms with Crippen molar-refractivity contribution in [2.45, 2.75) is 52.1 Å². The molecule has 0 saturated heterocycles. The average Bonchev–Trinajstić information content (AvgIpc) is 2.91. The van der Waals surface area contributed by atoms with Gasteiger partial charge in [-0.15, -0.1) is 0 Å². The van der Waals surface area contributed by atoms with Gasteiger partial charge in [0.15, 0.2) is 0 Å². The van der Waals surface area contributed by atoms with Crippen LogP contribution in [0.1, 0.15) is 45.3 Å². The second-order valence-electron chi connectivity index (χ2n) is 6.03. The summed E-state index contributed by atoms with van der Waals surface area (Å²) in [5, 5.41) is 0. The molecule has 0 unspecified atom stereocenters. The van der Waals surface area contributed by atoms with E-state index in [2.05, 4.69) is 24.8 Å². The van der Waals surface area contributed by atoms with Gasteiger partial charge < -0.3 is 10.2 Å². The van der Waals surface area contributed by atoms with Crippen molar-refractivity contribution < 1.29 is 4.42 Å². The van der Waals surface area contributed by atoms with E-state index in [0.717, 1.165) is 43.7 Å². The predicted molar refractivity (Wildman–Crippen MR) is 78.8 cm³/mol. The van der Waals surface area contributed by atoms with Gasteiger partial charge in [0, 0.05) is 12.6 Å². The standard InChI is InChI=1S/C16H28N2O/c1-13-6-3-8-16(14(13)2)18(10-5-9-17)12-15-7-4-11-19-15/h4,7,11,13-14,16H,3,5-6,8-10,12,17H2,1-2H3/t13-,14-,16-/m1/s1. The van der Waals surface area contributed by atoms with Crippen LogP contribution in [0.5, 0.6) is 0 Å². The molecule has 3 atom stereocenters. The van der Waals surface area contributed by atoms with Gasteiger partial charge in [-0.1, -0.05) is 26.7 Å². The van der Waals surface area contributed by atoms with Crippen LogP contribution in [-0.4, -0.2) is 24.0 Å². The first-order valence-corrected chi connectivity index (χ1v) is 7.69. The average molecular weight is 264 g/mol. The van der Waals surface area contributed by atoms with E-state index >= 15 is 0 Å². The molecule has 19 heavy (non-hydrogen) atoms. The van der Waals surface area contributed by atoms with E-state index in [0.29, 0.717) is 6.04 Å². The third-order valence-corrected chi connectivity index (χ3v) is 4.72. The molecule has 1 fully saturated rings. The fourth-order valence-corrected chi connectivity index (χ4v) is 3.33. The largest absolute Gasteiger partial charge is 0.468 e. The van der Waals surface area contributed by atoms with Crippen molar-refractivity contribution in [3.63, 3.8) is 0 Å². The molecule has 0 radical (unpaired) electrons. The van der Waals surface area contributed by atoms with Gasteiger partial charge in [-0.2, -0.15) is 0 Å². The highest BCUT2D eigenvalue weighted by molar-refractivity contribution is 4.99. The van der Waals surface area contributed by atoms with Crippen LogP contribution < -0.4 is 5.73 Å². The highest BCUT2D eigenvalue weighted by Crippen LogP contribution is 2.33. The number of nitrogens with two attached hydrogens (primary N) is 1. The molecular formula is C16H28N2O. The Morgan fingerprint density at radius 3 is 2.89 bits per heavy atom. The minimum Gasteiger partial charge on any atom is -0.468 e. The van der Waals surface area contributed by atoms with Crippen LogP contribution in [0.3, 0.4) is 0 Å². The first-order valence-electron chi connectivity index (χ1n) is 7.69. The van der Waals surface area contributed by atoms with Crippen LogP contribution in [0.25, 0.3) is 0 Å². The van der Waals surface area contributed by atoms with E-state index in [4.69, 9.17) is 10.2 Å². The minimum absolute atomic E-state index is 0.681. The molecule has 0 bridgehead atoms. The van der Waals surface area contributed by atoms with E-state index < -0.39 is 0 Å². The Kier molecular flexibility index (Phi) is 5.46. The lowest BCUT2D eigenvalue weighted by Gasteiger charge is -2.41. The predicted octanol–water partition coefficient (Wildman–Crippen LogP) is 3.26. The van der Waals surface area contributed by atoms with Gasteiger partial charge in [0.2, 0.25) is 0 Å². The zero-order valence-electron chi connectivity index (χ0n) is 12.3. The van der Waals surface area contributed by atoms with Gasteiger partial charge in [-0.3, -0.25) is 4.90 Å². The van der Waals surface area contributed by atoms with Crippen molar-refractivity contribution in [3.8, 4) is 0 Å². The number of hydrogen-bond acceptors (Lipinski definition) is 3. The van der Waals surface area contributed by atoms with Crippen molar-refractivity contribution >= 4 is 0 Å². The Hall–Kier alpha value is -0.800. The number of hydrogen-bond donors (Lipinski definition) is 1. The monoisotopic (exact) mass is 264 g/mol. The summed E-state index contributed by atoms with van der Waals surface area (Å²) in [5.74, 6) is 2.67. The van der Waals surface area contributed by atoms with Crippen LogP contribution in [0.15, 0.2) is 22.8 Å². The lowest BCUT2D eigenvalue weighted by Crippen LogP contribution is -2.44. The number of nitrogens with zero attached hydrogens (tertiary/aromatic N) is 1. The Labute approximate surface area is 117 Å². The molecular weight excluding hydrogens is 236 g/mol. The van der Waals surface area contributed by atoms with Gasteiger partial charge >= 0.3 is 0 Å². The third kappa shape index (κ3) is 3.83. The van der Waals surface area contributed by atoms with E-state index in [9.17, 15) is 0 Å². The second kappa shape index (κ2) is 7.11. The van der Waals surface area contributed by atoms with Crippen LogP contribution in [-0.2, 0) is 6.54 Å². The molecule has 0 spiro atoms. The molecule has 0 aliphatic heterocycles. The van der Waals surface area contributed by atoms with E-state index in [1.165, 1.54) is 19.3 Å². The molecule has 1 aliphatic rings. The lowest BCUT2D eigenvalue weighted by molar-refractivity contribution is 0.0690. The topological polar surface area (TPSA) is 42.4 Å². The van der Waals surface area contributed by atoms with E-state index in [1.807, 2.05) is 6.07 Å². The Morgan fingerprint density at radius 1 is 1.37 bits per heavy atom. The summed E-state index contributed by atoms with van der Waals surface area (Å²) in [7, 11) is 0. The zero-order valence-corrected chi connectivity index (χ0v) is 12.3. The first-order chi connectivity index (χ1) is 9.22. The smallest absolute Gasteiger partial charge is 0.117 e. The molecule has 1 aliphatic carbocycles. The molecule has 2 N–H and O–H groups in total. The third-order valence-electron chi connectivity index (χ3n) is 4.72. The van der Waals surface area contributed by atoms with Gasteiger partial charge in [0.1, 0.15) is 5.76 Å². The van der Waals surface area contributed by atoms with Gasteiger partial charge in [0.05, 0.1) is 12.8 Å². The summed E-state index contributed by atoms with van der Waals surface area (Å²) in [5.41, 5.74) is 5.69. The quantitative estimate of drug-likeness (QED) is 0.857. The first kappa shape index (κ1) is 14.6. The van der Waals surface area contributed by atoms with Gasteiger partial charge in [0.25, 0.3) is 0 Å². The number of furan rings is 1. The summed E-state index contributed by atoms with van der Waals surface area (Å²) in [4.78, 5) is 2.59. The van der Waals surface area contributed by atoms with Crippen molar-refractivity contribution in [1.82, 2.24) is 4.90 Å². The van der Waals surface area contributed by atoms with E-state index in [1.54, 1.807) is 6.26 Å². The Morgan fingerprint density at radius 2 is 2.21 bits per heavy atom. The Balaban J connectivity index is 2.02. The van der Waals surface area contributed by atoms with Gasteiger partial charge in [-0.05, 0) is 43.4 Å².